The van der Waals surface area contributed by atoms with Gasteiger partial charge in [-0.05, 0) is 24.4 Å². The Morgan fingerprint density at radius 1 is 1.21 bits per heavy atom. The van der Waals surface area contributed by atoms with Gasteiger partial charge in [-0.15, -0.1) is 0 Å². The van der Waals surface area contributed by atoms with Crippen molar-refractivity contribution in [3.8, 4) is 0 Å². The van der Waals surface area contributed by atoms with E-state index in [1.807, 2.05) is 42.5 Å². The number of hydrogen-bond acceptors (Lipinski definition) is 3. The van der Waals surface area contributed by atoms with E-state index in [0.29, 0.717) is 0 Å². The minimum atomic E-state index is -0.384. The van der Waals surface area contributed by atoms with Crippen molar-refractivity contribution >= 4 is 22.6 Å². The monoisotopic (exact) mass is 256 g/mol. The van der Waals surface area contributed by atoms with Crippen LogP contribution in [0.25, 0.3) is 10.8 Å². The molecule has 4 heteroatoms. The van der Waals surface area contributed by atoms with Crippen molar-refractivity contribution in [3.63, 3.8) is 0 Å². The molecule has 0 aliphatic carbocycles. The van der Waals surface area contributed by atoms with Crippen LogP contribution in [0, 0.1) is 0 Å². The third-order valence-corrected chi connectivity index (χ3v) is 3.32. The fourth-order valence-electron chi connectivity index (χ4n) is 2.35. The zero-order chi connectivity index (χ0) is 13.1. The Balaban J connectivity index is 1.75. The largest absolute Gasteiger partial charge is 0.445 e. The maximum Gasteiger partial charge on any atom is 0.411 e. The Bertz CT molecular complexity index is 586. The molecule has 1 fully saturated rings. The Morgan fingerprint density at radius 3 is 2.89 bits per heavy atom. The average Bonchev–Trinajstić information content (AvgIpc) is 2.92. The van der Waals surface area contributed by atoms with Gasteiger partial charge in [0, 0.05) is 11.9 Å². The first-order valence-corrected chi connectivity index (χ1v) is 6.49. The van der Waals surface area contributed by atoms with Gasteiger partial charge in [-0.1, -0.05) is 36.4 Å². The Kier molecular flexibility index (Phi) is 3.33. The molecule has 4 nitrogen and oxygen atoms in total. The minimum Gasteiger partial charge on any atom is -0.445 e. The molecule has 1 aliphatic rings. The maximum atomic E-state index is 11.9. The van der Waals surface area contributed by atoms with Crippen LogP contribution in [0.4, 0.5) is 10.5 Å². The quantitative estimate of drug-likeness (QED) is 0.868. The summed E-state index contributed by atoms with van der Waals surface area (Å²) in [6, 6.07) is 13.8. The summed E-state index contributed by atoms with van der Waals surface area (Å²) in [7, 11) is 0. The van der Waals surface area contributed by atoms with Crippen LogP contribution in [0.2, 0.25) is 0 Å². The number of carbonyl (C=O) groups is 1. The first-order chi connectivity index (χ1) is 9.33. The number of benzene rings is 2. The van der Waals surface area contributed by atoms with E-state index < -0.39 is 0 Å². The van der Waals surface area contributed by atoms with Crippen molar-refractivity contribution in [2.45, 2.75) is 12.5 Å². The van der Waals surface area contributed by atoms with Crippen LogP contribution in [0.3, 0.4) is 0 Å². The Morgan fingerprint density at radius 2 is 2.05 bits per heavy atom. The molecule has 2 N–H and O–H groups in total. The number of rotatable bonds is 2. The second-order valence-electron chi connectivity index (χ2n) is 4.67. The first kappa shape index (κ1) is 12.0. The molecule has 3 rings (SSSR count). The normalized spacial score (nSPS) is 18.4. The number of ether oxygens (including phenoxy) is 1. The van der Waals surface area contributed by atoms with Gasteiger partial charge in [0.05, 0.1) is 5.69 Å². The molecule has 1 unspecified atom stereocenters. The third-order valence-electron chi connectivity index (χ3n) is 3.32. The topological polar surface area (TPSA) is 50.4 Å². The molecule has 2 aromatic carbocycles. The zero-order valence-corrected chi connectivity index (χ0v) is 10.6. The lowest BCUT2D eigenvalue weighted by Gasteiger charge is -2.13. The van der Waals surface area contributed by atoms with Crippen molar-refractivity contribution in [3.05, 3.63) is 42.5 Å². The van der Waals surface area contributed by atoms with E-state index in [1.54, 1.807) is 0 Å². The van der Waals surface area contributed by atoms with Gasteiger partial charge >= 0.3 is 6.09 Å². The van der Waals surface area contributed by atoms with Crippen LogP contribution in [0.5, 0.6) is 0 Å². The molecular formula is C15H16N2O2. The molecule has 0 spiro atoms. The fourth-order valence-corrected chi connectivity index (χ4v) is 2.35. The summed E-state index contributed by atoms with van der Waals surface area (Å²) < 4.78 is 5.35. The molecule has 1 saturated heterocycles. The van der Waals surface area contributed by atoms with Crippen LogP contribution < -0.4 is 10.6 Å². The molecule has 0 radical (unpaired) electrons. The molecule has 0 aromatic heterocycles. The molecule has 2 aromatic rings. The summed E-state index contributed by atoms with van der Waals surface area (Å²) in [5.41, 5.74) is 0.786. The highest BCUT2D eigenvalue weighted by Gasteiger charge is 2.18. The molecule has 98 valence electrons. The van der Waals surface area contributed by atoms with Crippen molar-refractivity contribution in [2.75, 3.05) is 18.4 Å². The fraction of sp³-hybridized carbons (Fsp3) is 0.267. The Labute approximate surface area is 111 Å². The predicted molar refractivity (Wildman–Crippen MR) is 75.3 cm³/mol. The zero-order valence-electron chi connectivity index (χ0n) is 10.6. The number of fused-ring (bicyclic) bond motifs is 1. The smallest absolute Gasteiger partial charge is 0.411 e. The maximum absolute atomic E-state index is 11.9. The predicted octanol–water partition coefficient (Wildman–Crippen LogP) is 2.75. The highest BCUT2D eigenvalue weighted by molar-refractivity contribution is 6.00. The molecular weight excluding hydrogens is 240 g/mol. The summed E-state index contributed by atoms with van der Waals surface area (Å²) in [6.07, 6.45) is 0.475. The molecule has 19 heavy (non-hydrogen) atoms. The van der Waals surface area contributed by atoms with Crippen LogP contribution >= 0.6 is 0 Å². The van der Waals surface area contributed by atoms with Gasteiger partial charge in [-0.25, -0.2) is 4.79 Å². The van der Waals surface area contributed by atoms with Gasteiger partial charge < -0.3 is 10.1 Å². The van der Waals surface area contributed by atoms with E-state index in [1.165, 1.54) is 0 Å². The van der Waals surface area contributed by atoms with E-state index in [4.69, 9.17) is 4.74 Å². The lowest BCUT2D eigenvalue weighted by Crippen LogP contribution is -2.24. The highest BCUT2D eigenvalue weighted by Crippen LogP contribution is 2.23. The van der Waals surface area contributed by atoms with E-state index in [9.17, 15) is 4.79 Å². The van der Waals surface area contributed by atoms with Crippen LogP contribution in [-0.4, -0.2) is 25.3 Å². The molecule has 0 saturated carbocycles. The van der Waals surface area contributed by atoms with Gasteiger partial charge in [0.15, 0.2) is 0 Å². The molecule has 1 aliphatic heterocycles. The van der Waals surface area contributed by atoms with Gasteiger partial charge in [0.25, 0.3) is 0 Å². The highest BCUT2D eigenvalue weighted by atomic mass is 16.6. The molecule has 1 atom stereocenters. The lowest BCUT2D eigenvalue weighted by atomic mass is 10.1. The number of carbonyl (C=O) groups excluding carboxylic acids is 1. The standard InChI is InChI=1S/C15H16N2O2/c18-15(19-12-8-9-16-10-12)17-14-7-3-5-11-4-1-2-6-13(11)14/h1-7,12,16H,8-10H2,(H,17,18). The van der Waals surface area contributed by atoms with E-state index in [-0.39, 0.29) is 12.2 Å². The second kappa shape index (κ2) is 5.28. The third kappa shape index (κ3) is 2.69. The van der Waals surface area contributed by atoms with Gasteiger partial charge in [-0.2, -0.15) is 0 Å². The van der Waals surface area contributed by atoms with Crippen molar-refractivity contribution in [1.82, 2.24) is 5.32 Å². The summed E-state index contributed by atoms with van der Waals surface area (Å²) in [5, 5.41) is 8.11. The number of anilines is 1. The summed E-state index contributed by atoms with van der Waals surface area (Å²) in [6.45, 7) is 1.65. The van der Waals surface area contributed by atoms with Crippen LogP contribution in [0.15, 0.2) is 42.5 Å². The average molecular weight is 256 g/mol. The van der Waals surface area contributed by atoms with Crippen molar-refractivity contribution in [2.24, 2.45) is 0 Å². The molecule has 1 amide bonds. The van der Waals surface area contributed by atoms with E-state index in [2.05, 4.69) is 10.6 Å². The second-order valence-corrected chi connectivity index (χ2v) is 4.67. The van der Waals surface area contributed by atoms with Crippen LogP contribution in [-0.2, 0) is 4.74 Å². The van der Waals surface area contributed by atoms with Crippen LogP contribution in [0.1, 0.15) is 6.42 Å². The minimum absolute atomic E-state index is 0.0185. The van der Waals surface area contributed by atoms with E-state index >= 15 is 0 Å². The van der Waals surface area contributed by atoms with Crippen molar-refractivity contribution < 1.29 is 9.53 Å². The van der Waals surface area contributed by atoms with Gasteiger partial charge in [0.1, 0.15) is 6.10 Å². The number of amides is 1. The number of nitrogens with one attached hydrogen (secondary N) is 2. The summed E-state index contributed by atoms with van der Waals surface area (Å²) in [5.74, 6) is 0. The SMILES string of the molecule is O=C(Nc1cccc2ccccc12)OC1CCNC1. The number of hydrogen-bond donors (Lipinski definition) is 2. The summed E-state index contributed by atoms with van der Waals surface area (Å²) >= 11 is 0. The first-order valence-electron chi connectivity index (χ1n) is 6.49. The summed E-state index contributed by atoms with van der Waals surface area (Å²) in [4.78, 5) is 11.9. The van der Waals surface area contributed by atoms with E-state index in [0.717, 1.165) is 36.0 Å². The van der Waals surface area contributed by atoms with Gasteiger partial charge in [-0.3, -0.25) is 5.32 Å². The lowest BCUT2D eigenvalue weighted by molar-refractivity contribution is 0.121. The van der Waals surface area contributed by atoms with Gasteiger partial charge in [0.2, 0.25) is 0 Å². The molecule has 1 heterocycles. The Hall–Kier alpha value is -2.07. The van der Waals surface area contributed by atoms with Crippen molar-refractivity contribution in [1.29, 1.82) is 0 Å². The molecule has 0 bridgehead atoms.